The summed E-state index contributed by atoms with van der Waals surface area (Å²) in [7, 11) is 0. The molecular weight excluding hydrogens is 202 g/mol. The van der Waals surface area contributed by atoms with Gasteiger partial charge in [0, 0.05) is 5.92 Å². The molecule has 1 aromatic heterocycles. The van der Waals surface area contributed by atoms with Crippen LogP contribution in [0.15, 0.2) is 4.52 Å². The van der Waals surface area contributed by atoms with Crippen molar-refractivity contribution in [2.45, 2.75) is 57.9 Å². The first-order valence-corrected chi connectivity index (χ1v) is 6.29. The van der Waals surface area contributed by atoms with E-state index in [1.165, 1.54) is 32.1 Å². The van der Waals surface area contributed by atoms with Crippen molar-refractivity contribution in [2.75, 3.05) is 0 Å². The second-order valence-corrected chi connectivity index (χ2v) is 4.91. The standard InChI is InChI=1S/C12H21N3O/c1-3-9-4-6-10(7-5-9)11-14-12(8(2)13)16-15-11/h8-10H,3-7,13H2,1-2H3/t8-,9?,10?/m0/s1. The molecule has 0 amide bonds. The maximum Gasteiger partial charge on any atom is 0.243 e. The molecular formula is C12H21N3O. The van der Waals surface area contributed by atoms with Crippen LogP contribution in [0.2, 0.25) is 0 Å². The molecule has 1 atom stereocenters. The second kappa shape index (κ2) is 4.95. The normalized spacial score (nSPS) is 27.9. The van der Waals surface area contributed by atoms with Gasteiger partial charge in [-0.15, -0.1) is 0 Å². The quantitative estimate of drug-likeness (QED) is 0.855. The summed E-state index contributed by atoms with van der Waals surface area (Å²) in [6.45, 7) is 4.14. The largest absolute Gasteiger partial charge is 0.338 e. The number of hydrogen-bond acceptors (Lipinski definition) is 4. The molecule has 0 aliphatic heterocycles. The Hall–Kier alpha value is -0.900. The lowest BCUT2D eigenvalue weighted by atomic mass is 9.80. The fourth-order valence-electron chi connectivity index (χ4n) is 2.43. The zero-order valence-corrected chi connectivity index (χ0v) is 10.1. The summed E-state index contributed by atoms with van der Waals surface area (Å²) in [6.07, 6.45) is 6.27. The van der Waals surface area contributed by atoms with Crippen LogP contribution in [0, 0.1) is 5.92 Å². The molecule has 0 bridgehead atoms. The highest BCUT2D eigenvalue weighted by molar-refractivity contribution is 4.99. The minimum absolute atomic E-state index is 0.159. The molecule has 1 aromatic rings. The van der Waals surface area contributed by atoms with Crippen LogP contribution in [0.4, 0.5) is 0 Å². The van der Waals surface area contributed by atoms with Crippen molar-refractivity contribution in [3.8, 4) is 0 Å². The second-order valence-electron chi connectivity index (χ2n) is 4.91. The lowest BCUT2D eigenvalue weighted by Crippen LogP contribution is -2.14. The SMILES string of the molecule is CCC1CCC(c2noc([C@H](C)N)n2)CC1. The van der Waals surface area contributed by atoms with E-state index in [0.717, 1.165) is 11.7 Å². The average molecular weight is 223 g/mol. The Morgan fingerprint density at radius 1 is 1.38 bits per heavy atom. The van der Waals surface area contributed by atoms with E-state index in [2.05, 4.69) is 17.1 Å². The predicted octanol–water partition coefficient (Wildman–Crippen LogP) is 2.77. The van der Waals surface area contributed by atoms with Gasteiger partial charge in [0.2, 0.25) is 5.89 Å². The van der Waals surface area contributed by atoms with Gasteiger partial charge < -0.3 is 10.3 Å². The lowest BCUT2D eigenvalue weighted by molar-refractivity contribution is 0.302. The fourth-order valence-corrected chi connectivity index (χ4v) is 2.43. The van der Waals surface area contributed by atoms with Gasteiger partial charge in [-0.25, -0.2) is 0 Å². The molecule has 1 aliphatic carbocycles. The third-order valence-corrected chi connectivity index (χ3v) is 3.64. The highest BCUT2D eigenvalue weighted by atomic mass is 16.5. The van der Waals surface area contributed by atoms with Crippen molar-refractivity contribution in [2.24, 2.45) is 11.7 Å². The first-order valence-electron chi connectivity index (χ1n) is 6.29. The van der Waals surface area contributed by atoms with E-state index in [9.17, 15) is 0 Å². The Bertz CT molecular complexity index is 327. The molecule has 0 saturated heterocycles. The van der Waals surface area contributed by atoms with Gasteiger partial charge in [0.15, 0.2) is 5.82 Å². The van der Waals surface area contributed by atoms with Crippen molar-refractivity contribution >= 4 is 0 Å². The number of nitrogens with two attached hydrogens (primary N) is 1. The van der Waals surface area contributed by atoms with Crippen LogP contribution < -0.4 is 5.73 Å². The summed E-state index contributed by atoms with van der Waals surface area (Å²) < 4.78 is 5.15. The van der Waals surface area contributed by atoms with Crippen LogP contribution in [-0.4, -0.2) is 10.1 Å². The van der Waals surface area contributed by atoms with Crippen LogP contribution in [0.1, 0.15) is 69.6 Å². The molecule has 16 heavy (non-hydrogen) atoms. The molecule has 1 heterocycles. The van der Waals surface area contributed by atoms with Crippen molar-refractivity contribution in [3.05, 3.63) is 11.7 Å². The van der Waals surface area contributed by atoms with Crippen molar-refractivity contribution in [1.29, 1.82) is 0 Å². The zero-order valence-electron chi connectivity index (χ0n) is 10.1. The summed E-state index contributed by atoms with van der Waals surface area (Å²) >= 11 is 0. The van der Waals surface area contributed by atoms with Gasteiger partial charge in [-0.2, -0.15) is 4.98 Å². The molecule has 4 nitrogen and oxygen atoms in total. The first kappa shape index (κ1) is 11.6. The molecule has 1 aliphatic rings. The molecule has 2 N–H and O–H groups in total. The molecule has 0 spiro atoms. The highest BCUT2D eigenvalue weighted by Crippen LogP contribution is 2.35. The third-order valence-electron chi connectivity index (χ3n) is 3.64. The van der Waals surface area contributed by atoms with E-state index in [1.54, 1.807) is 0 Å². The van der Waals surface area contributed by atoms with E-state index >= 15 is 0 Å². The Morgan fingerprint density at radius 2 is 2.06 bits per heavy atom. The maximum atomic E-state index is 5.70. The van der Waals surface area contributed by atoms with E-state index in [4.69, 9.17) is 10.3 Å². The Morgan fingerprint density at radius 3 is 2.56 bits per heavy atom. The zero-order chi connectivity index (χ0) is 11.5. The lowest BCUT2D eigenvalue weighted by Gasteiger charge is -2.25. The molecule has 2 rings (SSSR count). The molecule has 0 unspecified atom stereocenters. The van der Waals surface area contributed by atoms with Gasteiger partial charge in [0.1, 0.15) is 0 Å². The number of nitrogens with zero attached hydrogens (tertiary/aromatic N) is 2. The van der Waals surface area contributed by atoms with E-state index in [1.807, 2.05) is 6.92 Å². The fraction of sp³-hybridized carbons (Fsp3) is 0.833. The summed E-state index contributed by atoms with van der Waals surface area (Å²) in [4.78, 5) is 4.38. The number of rotatable bonds is 3. The van der Waals surface area contributed by atoms with E-state index in [-0.39, 0.29) is 6.04 Å². The van der Waals surface area contributed by atoms with Gasteiger partial charge in [0.25, 0.3) is 0 Å². The summed E-state index contributed by atoms with van der Waals surface area (Å²) in [6, 6.07) is -0.159. The topological polar surface area (TPSA) is 64.9 Å². The molecule has 1 saturated carbocycles. The number of hydrogen-bond donors (Lipinski definition) is 1. The van der Waals surface area contributed by atoms with E-state index < -0.39 is 0 Å². The van der Waals surface area contributed by atoms with Crippen LogP contribution >= 0.6 is 0 Å². The molecule has 0 aromatic carbocycles. The van der Waals surface area contributed by atoms with Crippen LogP contribution in [0.3, 0.4) is 0 Å². The van der Waals surface area contributed by atoms with Gasteiger partial charge >= 0.3 is 0 Å². The Labute approximate surface area is 96.6 Å². The van der Waals surface area contributed by atoms with Crippen molar-refractivity contribution in [1.82, 2.24) is 10.1 Å². The van der Waals surface area contributed by atoms with Gasteiger partial charge in [0.05, 0.1) is 6.04 Å². The Kier molecular flexibility index (Phi) is 3.59. The van der Waals surface area contributed by atoms with Crippen molar-refractivity contribution < 1.29 is 4.52 Å². The monoisotopic (exact) mass is 223 g/mol. The molecule has 90 valence electrons. The smallest absolute Gasteiger partial charge is 0.243 e. The Balaban J connectivity index is 1.97. The van der Waals surface area contributed by atoms with Crippen molar-refractivity contribution in [3.63, 3.8) is 0 Å². The summed E-state index contributed by atoms with van der Waals surface area (Å²) in [5.74, 6) is 2.81. The van der Waals surface area contributed by atoms with Gasteiger partial charge in [-0.1, -0.05) is 18.5 Å². The van der Waals surface area contributed by atoms with E-state index in [0.29, 0.717) is 11.8 Å². The first-order chi connectivity index (χ1) is 7.70. The number of aromatic nitrogens is 2. The highest BCUT2D eigenvalue weighted by Gasteiger charge is 2.25. The average Bonchev–Trinajstić information content (AvgIpc) is 2.78. The maximum absolute atomic E-state index is 5.70. The van der Waals surface area contributed by atoms with Gasteiger partial charge in [-0.05, 0) is 38.5 Å². The van der Waals surface area contributed by atoms with Crippen LogP contribution in [-0.2, 0) is 0 Å². The summed E-state index contributed by atoms with van der Waals surface area (Å²) in [5, 5.41) is 4.05. The molecule has 0 radical (unpaired) electrons. The third kappa shape index (κ3) is 2.43. The van der Waals surface area contributed by atoms with Crippen LogP contribution in [0.25, 0.3) is 0 Å². The predicted molar refractivity (Wildman–Crippen MR) is 61.9 cm³/mol. The molecule has 4 heteroatoms. The minimum Gasteiger partial charge on any atom is -0.338 e. The van der Waals surface area contributed by atoms with Crippen LogP contribution in [0.5, 0.6) is 0 Å². The van der Waals surface area contributed by atoms with Gasteiger partial charge in [-0.3, -0.25) is 0 Å². The summed E-state index contributed by atoms with van der Waals surface area (Å²) in [5.41, 5.74) is 5.70. The molecule has 1 fully saturated rings. The minimum atomic E-state index is -0.159.